The minimum absolute atomic E-state index is 0.00994. The van der Waals surface area contributed by atoms with Gasteiger partial charge in [0.15, 0.2) is 0 Å². The monoisotopic (exact) mass is 344 g/mol. The number of rotatable bonds is 4. The Bertz CT molecular complexity index is 667. The van der Waals surface area contributed by atoms with Gasteiger partial charge in [-0.25, -0.2) is 19.7 Å². The number of hydrogen-bond acceptors (Lipinski definition) is 6. The maximum absolute atomic E-state index is 12.6. The Morgan fingerprint density at radius 3 is 2.50 bits per heavy atom. The van der Waals surface area contributed by atoms with Crippen molar-refractivity contribution in [3.8, 4) is 0 Å². The molecule has 0 spiro atoms. The summed E-state index contributed by atoms with van der Waals surface area (Å²) in [6.07, 6.45) is 7.64. The Hall–Kier alpha value is -2.22. The zero-order chi connectivity index (χ0) is 16.4. The average molecular weight is 344 g/mol. The SMILES string of the molecule is O=C(NC(c1nccs1)C1CC1)N1CCN(c2ncccn2)CC1. The molecule has 0 bridgehead atoms. The van der Waals surface area contributed by atoms with Crippen LogP contribution in [0.5, 0.6) is 0 Å². The van der Waals surface area contributed by atoms with Gasteiger partial charge >= 0.3 is 6.03 Å². The van der Waals surface area contributed by atoms with E-state index in [4.69, 9.17) is 0 Å². The van der Waals surface area contributed by atoms with Crippen LogP contribution >= 0.6 is 11.3 Å². The van der Waals surface area contributed by atoms with E-state index < -0.39 is 0 Å². The highest BCUT2D eigenvalue weighted by Crippen LogP contribution is 2.41. The molecule has 0 radical (unpaired) electrons. The Labute approximate surface area is 144 Å². The first-order valence-electron chi connectivity index (χ1n) is 8.28. The van der Waals surface area contributed by atoms with Crippen molar-refractivity contribution in [1.29, 1.82) is 0 Å². The number of amides is 2. The van der Waals surface area contributed by atoms with Crippen molar-refractivity contribution in [1.82, 2.24) is 25.2 Å². The van der Waals surface area contributed by atoms with Crippen LogP contribution in [0.15, 0.2) is 30.0 Å². The van der Waals surface area contributed by atoms with Crippen LogP contribution in [0.3, 0.4) is 0 Å². The van der Waals surface area contributed by atoms with Crippen LogP contribution in [-0.2, 0) is 0 Å². The van der Waals surface area contributed by atoms with Gasteiger partial charge in [0.25, 0.3) is 0 Å². The Balaban J connectivity index is 1.34. The van der Waals surface area contributed by atoms with Crippen LogP contribution < -0.4 is 10.2 Å². The van der Waals surface area contributed by atoms with E-state index >= 15 is 0 Å². The molecule has 7 nitrogen and oxygen atoms in total. The molecule has 1 aliphatic carbocycles. The van der Waals surface area contributed by atoms with Crippen molar-refractivity contribution < 1.29 is 4.79 Å². The predicted molar refractivity (Wildman–Crippen MR) is 91.9 cm³/mol. The highest BCUT2D eigenvalue weighted by atomic mass is 32.1. The summed E-state index contributed by atoms with van der Waals surface area (Å²) in [4.78, 5) is 29.6. The lowest BCUT2D eigenvalue weighted by Crippen LogP contribution is -2.52. The van der Waals surface area contributed by atoms with Crippen LogP contribution in [0.2, 0.25) is 0 Å². The van der Waals surface area contributed by atoms with Crippen molar-refractivity contribution >= 4 is 23.3 Å². The molecule has 1 unspecified atom stereocenters. The number of nitrogens with zero attached hydrogens (tertiary/aromatic N) is 5. The van der Waals surface area contributed by atoms with E-state index in [-0.39, 0.29) is 12.1 Å². The lowest BCUT2D eigenvalue weighted by atomic mass is 10.2. The van der Waals surface area contributed by atoms with Gasteiger partial charge in [0.2, 0.25) is 5.95 Å². The minimum Gasteiger partial charge on any atom is -0.337 e. The fourth-order valence-corrected chi connectivity index (χ4v) is 3.77. The smallest absolute Gasteiger partial charge is 0.318 e. The van der Waals surface area contributed by atoms with E-state index in [0.717, 1.165) is 24.0 Å². The molecule has 126 valence electrons. The van der Waals surface area contributed by atoms with Crippen molar-refractivity contribution in [2.75, 3.05) is 31.1 Å². The van der Waals surface area contributed by atoms with Crippen LogP contribution in [0.1, 0.15) is 23.9 Å². The van der Waals surface area contributed by atoms with Crippen LogP contribution in [0.4, 0.5) is 10.7 Å². The molecule has 2 fully saturated rings. The molecule has 1 saturated heterocycles. The third-order valence-electron chi connectivity index (χ3n) is 4.49. The Kier molecular flexibility index (Phi) is 4.29. The van der Waals surface area contributed by atoms with E-state index in [0.29, 0.717) is 19.0 Å². The quantitative estimate of drug-likeness (QED) is 0.917. The second-order valence-electron chi connectivity index (χ2n) is 6.16. The second kappa shape index (κ2) is 6.72. The van der Waals surface area contributed by atoms with Gasteiger partial charge in [-0.1, -0.05) is 0 Å². The number of anilines is 1. The largest absolute Gasteiger partial charge is 0.337 e. The molecule has 1 N–H and O–H groups in total. The molecular weight excluding hydrogens is 324 g/mol. The fraction of sp³-hybridized carbons (Fsp3) is 0.500. The molecule has 1 atom stereocenters. The van der Waals surface area contributed by atoms with E-state index in [9.17, 15) is 4.79 Å². The molecule has 4 rings (SSSR count). The number of piperazine rings is 1. The first kappa shape index (κ1) is 15.3. The fourth-order valence-electron chi connectivity index (χ4n) is 2.99. The van der Waals surface area contributed by atoms with E-state index in [2.05, 4.69) is 25.2 Å². The van der Waals surface area contributed by atoms with Gasteiger partial charge in [0.1, 0.15) is 5.01 Å². The maximum atomic E-state index is 12.6. The minimum atomic E-state index is 0.00994. The standard InChI is InChI=1S/C16H20N6OS/c23-16(20-13(12-2-3-12)14-17-6-11-24-14)22-9-7-21(8-10-22)15-18-4-1-5-19-15/h1,4-6,11-13H,2-3,7-10H2,(H,20,23). The first-order chi connectivity index (χ1) is 11.8. The van der Waals surface area contributed by atoms with Gasteiger partial charge in [-0.15, -0.1) is 11.3 Å². The van der Waals surface area contributed by atoms with E-state index in [1.807, 2.05) is 16.3 Å². The number of urea groups is 1. The van der Waals surface area contributed by atoms with Crippen LogP contribution in [-0.4, -0.2) is 52.1 Å². The lowest BCUT2D eigenvalue weighted by molar-refractivity contribution is 0.188. The lowest BCUT2D eigenvalue weighted by Gasteiger charge is -2.35. The normalized spacial score (nSPS) is 19.2. The summed E-state index contributed by atoms with van der Waals surface area (Å²) in [5.74, 6) is 1.27. The molecular formula is C16H20N6OS. The number of carbonyl (C=O) groups is 1. The van der Waals surface area contributed by atoms with Crippen LogP contribution in [0, 0.1) is 5.92 Å². The Morgan fingerprint density at radius 2 is 1.88 bits per heavy atom. The molecule has 3 heterocycles. The molecule has 24 heavy (non-hydrogen) atoms. The topological polar surface area (TPSA) is 74.2 Å². The Morgan fingerprint density at radius 1 is 1.12 bits per heavy atom. The van der Waals surface area contributed by atoms with E-state index in [1.165, 1.54) is 12.8 Å². The van der Waals surface area contributed by atoms with Gasteiger partial charge in [-0.3, -0.25) is 0 Å². The summed E-state index contributed by atoms with van der Waals surface area (Å²) in [6, 6.07) is 1.88. The summed E-state index contributed by atoms with van der Waals surface area (Å²) in [5.41, 5.74) is 0. The predicted octanol–water partition coefficient (Wildman–Crippen LogP) is 1.92. The number of nitrogens with one attached hydrogen (secondary N) is 1. The molecule has 8 heteroatoms. The summed E-state index contributed by atoms with van der Waals surface area (Å²) < 4.78 is 0. The number of carbonyl (C=O) groups excluding carboxylic acids is 1. The van der Waals surface area contributed by atoms with Crippen LogP contribution in [0.25, 0.3) is 0 Å². The summed E-state index contributed by atoms with van der Waals surface area (Å²) in [5, 5.41) is 6.17. The van der Waals surface area contributed by atoms with Gasteiger partial charge in [-0.05, 0) is 24.8 Å². The second-order valence-corrected chi connectivity index (χ2v) is 7.08. The number of aromatic nitrogens is 3. The average Bonchev–Trinajstić information content (AvgIpc) is 3.34. The highest BCUT2D eigenvalue weighted by molar-refractivity contribution is 7.09. The van der Waals surface area contributed by atoms with Crippen molar-refractivity contribution in [2.45, 2.75) is 18.9 Å². The zero-order valence-electron chi connectivity index (χ0n) is 13.3. The highest BCUT2D eigenvalue weighted by Gasteiger charge is 2.36. The van der Waals surface area contributed by atoms with Crippen molar-refractivity contribution in [2.24, 2.45) is 5.92 Å². The molecule has 2 aliphatic rings. The first-order valence-corrected chi connectivity index (χ1v) is 9.16. The molecule has 1 aliphatic heterocycles. The van der Waals surface area contributed by atoms with Crippen molar-refractivity contribution in [3.63, 3.8) is 0 Å². The summed E-state index contributed by atoms with van der Waals surface area (Å²) in [7, 11) is 0. The van der Waals surface area contributed by atoms with Gasteiger partial charge in [0.05, 0.1) is 6.04 Å². The third-order valence-corrected chi connectivity index (χ3v) is 5.35. The van der Waals surface area contributed by atoms with Gasteiger partial charge in [-0.2, -0.15) is 0 Å². The molecule has 2 aromatic heterocycles. The van der Waals surface area contributed by atoms with Gasteiger partial charge in [0, 0.05) is 50.1 Å². The van der Waals surface area contributed by atoms with Gasteiger partial charge < -0.3 is 15.1 Å². The molecule has 0 aromatic carbocycles. The van der Waals surface area contributed by atoms with E-state index in [1.54, 1.807) is 29.9 Å². The molecule has 1 saturated carbocycles. The zero-order valence-corrected chi connectivity index (χ0v) is 14.2. The maximum Gasteiger partial charge on any atom is 0.318 e. The molecule has 2 aromatic rings. The van der Waals surface area contributed by atoms with Crippen molar-refractivity contribution in [3.05, 3.63) is 35.0 Å². The molecule has 2 amide bonds. The summed E-state index contributed by atoms with van der Waals surface area (Å²) >= 11 is 1.62. The third kappa shape index (κ3) is 3.33. The number of thiazole rings is 1. The number of hydrogen-bond donors (Lipinski definition) is 1. The summed E-state index contributed by atoms with van der Waals surface area (Å²) in [6.45, 7) is 2.87.